The summed E-state index contributed by atoms with van der Waals surface area (Å²) < 4.78 is 11.0. The summed E-state index contributed by atoms with van der Waals surface area (Å²) in [5.41, 5.74) is 7.35. The van der Waals surface area contributed by atoms with Crippen LogP contribution in [0.25, 0.3) is 0 Å². The molecule has 0 spiro atoms. The maximum atomic E-state index is 6.28. The molecule has 2 N–H and O–H groups in total. The van der Waals surface area contributed by atoms with Gasteiger partial charge in [-0.05, 0) is 31.7 Å². The Bertz CT molecular complexity index is 369. The molecular weight excluding hydrogens is 214 g/mol. The van der Waals surface area contributed by atoms with Gasteiger partial charge in [-0.15, -0.1) is 0 Å². The Morgan fingerprint density at radius 1 is 1.29 bits per heavy atom. The Balaban J connectivity index is 2.11. The second kappa shape index (κ2) is 5.07. The monoisotopic (exact) mass is 235 g/mol. The van der Waals surface area contributed by atoms with Gasteiger partial charge in [0.05, 0.1) is 12.7 Å². The maximum Gasteiger partial charge on any atom is 0.123 e. The molecule has 1 atom stereocenters. The summed E-state index contributed by atoms with van der Waals surface area (Å²) >= 11 is 0. The van der Waals surface area contributed by atoms with Crippen LogP contribution in [-0.2, 0) is 4.74 Å². The summed E-state index contributed by atoms with van der Waals surface area (Å²) in [6.07, 6.45) is 4.34. The molecule has 0 heterocycles. The molecule has 1 aliphatic rings. The zero-order valence-corrected chi connectivity index (χ0v) is 10.6. The fourth-order valence-corrected chi connectivity index (χ4v) is 2.55. The van der Waals surface area contributed by atoms with E-state index in [1.807, 2.05) is 24.3 Å². The Morgan fingerprint density at radius 3 is 2.53 bits per heavy atom. The van der Waals surface area contributed by atoms with Gasteiger partial charge in [0, 0.05) is 18.7 Å². The lowest BCUT2D eigenvalue weighted by Crippen LogP contribution is -2.41. The number of nitrogens with two attached hydrogens (primary N) is 1. The van der Waals surface area contributed by atoms with Crippen molar-refractivity contribution in [2.45, 2.75) is 37.3 Å². The molecule has 0 bridgehead atoms. The van der Waals surface area contributed by atoms with Crippen molar-refractivity contribution in [2.75, 3.05) is 14.2 Å². The standard InChI is InChI=1S/C14H21NO2/c1-16-13-7-4-3-6-11(13)12(15)10-14(17-2)8-5-9-14/h3-4,6-7,12H,5,8-10,15H2,1-2H3. The smallest absolute Gasteiger partial charge is 0.123 e. The Hall–Kier alpha value is -1.06. The molecule has 1 aromatic carbocycles. The molecule has 94 valence electrons. The first kappa shape index (κ1) is 12.4. The van der Waals surface area contributed by atoms with Crippen molar-refractivity contribution in [3.05, 3.63) is 29.8 Å². The van der Waals surface area contributed by atoms with Crippen molar-refractivity contribution in [1.82, 2.24) is 0 Å². The number of rotatable bonds is 5. The van der Waals surface area contributed by atoms with Crippen molar-refractivity contribution in [3.63, 3.8) is 0 Å². The summed E-state index contributed by atoms with van der Waals surface area (Å²) in [6.45, 7) is 0. The lowest BCUT2D eigenvalue weighted by molar-refractivity contribution is -0.0817. The number of ether oxygens (including phenoxy) is 2. The van der Waals surface area contributed by atoms with Crippen LogP contribution in [0.3, 0.4) is 0 Å². The minimum atomic E-state index is -0.0219. The highest BCUT2D eigenvalue weighted by Gasteiger charge is 2.38. The largest absolute Gasteiger partial charge is 0.496 e. The highest BCUT2D eigenvalue weighted by Crippen LogP contribution is 2.42. The average molecular weight is 235 g/mol. The molecule has 3 nitrogen and oxygen atoms in total. The van der Waals surface area contributed by atoms with Crippen LogP contribution in [0.15, 0.2) is 24.3 Å². The normalized spacial score (nSPS) is 19.5. The summed E-state index contributed by atoms with van der Waals surface area (Å²) in [4.78, 5) is 0. The van der Waals surface area contributed by atoms with Crippen molar-refractivity contribution >= 4 is 0 Å². The summed E-state index contributed by atoms with van der Waals surface area (Å²) in [7, 11) is 3.47. The van der Waals surface area contributed by atoms with Crippen LogP contribution in [0.4, 0.5) is 0 Å². The fourth-order valence-electron chi connectivity index (χ4n) is 2.55. The molecule has 1 aliphatic carbocycles. The Morgan fingerprint density at radius 2 is 2.00 bits per heavy atom. The molecular formula is C14H21NO2. The van der Waals surface area contributed by atoms with Crippen LogP contribution < -0.4 is 10.5 Å². The summed E-state index contributed by atoms with van der Waals surface area (Å²) in [6, 6.07) is 7.93. The molecule has 0 saturated heterocycles. The number of hydrogen-bond donors (Lipinski definition) is 1. The van der Waals surface area contributed by atoms with Crippen LogP contribution >= 0.6 is 0 Å². The van der Waals surface area contributed by atoms with E-state index in [9.17, 15) is 0 Å². The number of para-hydroxylation sites is 1. The molecule has 17 heavy (non-hydrogen) atoms. The van der Waals surface area contributed by atoms with E-state index in [2.05, 4.69) is 0 Å². The van der Waals surface area contributed by atoms with Crippen molar-refractivity contribution in [1.29, 1.82) is 0 Å². The second-order valence-electron chi connectivity index (χ2n) is 4.79. The van der Waals surface area contributed by atoms with E-state index < -0.39 is 0 Å². The molecule has 0 aromatic heterocycles. The topological polar surface area (TPSA) is 44.5 Å². The van der Waals surface area contributed by atoms with E-state index in [0.717, 1.165) is 30.6 Å². The molecule has 1 saturated carbocycles. The first-order valence-corrected chi connectivity index (χ1v) is 6.14. The zero-order chi connectivity index (χ0) is 12.3. The molecule has 1 aromatic rings. The van der Waals surface area contributed by atoms with Crippen LogP contribution in [0.2, 0.25) is 0 Å². The van der Waals surface area contributed by atoms with Crippen LogP contribution in [0, 0.1) is 0 Å². The summed E-state index contributed by atoms with van der Waals surface area (Å²) in [5, 5.41) is 0. The predicted molar refractivity (Wildman–Crippen MR) is 68.1 cm³/mol. The Kier molecular flexibility index (Phi) is 3.69. The molecule has 1 unspecified atom stereocenters. The minimum absolute atomic E-state index is 0.000267. The molecule has 0 aliphatic heterocycles. The van der Waals surface area contributed by atoms with Crippen LogP contribution in [0.5, 0.6) is 5.75 Å². The van der Waals surface area contributed by atoms with Gasteiger partial charge in [-0.3, -0.25) is 0 Å². The molecule has 0 amide bonds. The lowest BCUT2D eigenvalue weighted by Gasteiger charge is -2.42. The fraction of sp³-hybridized carbons (Fsp3) is 0.571. The number of methoxy groups -OCH3 is 2. The zero-order valence-electron chi connectivity index (χ0n) is 10.6. The van der Waals surface area contributed by atoms with Gasteiger partial charge < -0.3 is 15.2 Å². The van der Waals surface area contributed by atoms with Gasteiger partial charge in [-0.1, -0.05) is 18.2 Å². The number of benzene rings is 1. The first-order chi connectivity index (χ1) is 8.21. The van der Waals surface area contributed by atoms with Crippen LogP contribution in [0.1, 0.15) is 37.3 Å². The SMILES string of the molecule is COc1ccccc1C(N)CC1(OC)CCC1. The third-order valence-corrected chi connectivity index (χ3v) is 3.83. The molecule has 0 radical (unpaired) electrons. The highest BCUT2D eigenvalue weighted by atomic mass is 16.5. The summed E-state index contributed by atoms with van der Waals surface area (Å²) in [5.74, 6) is 0.866. The van der Waals surface area contributed by atoms with Crippen molar-refractivity contribution in [3.8, 4) is 5.75 Å². The maximum absolute atomic E-state index is 6.28. The van der Waals surface area contributed by atoms with E-state index in [1.165, 1.54) is 6.42 Å². The minimum Gasteiger partial charge on any atom is -0.496 e. The lowest BCUT2D eigenvalue weighted by atomic mass is 9.75. The number of hydrogen-bond acceptors (Lipinski definition) is 3. The average Bonchev–Trinajstić information content (AvgIpc) is 2.33. The third-order valence-electron chi connectivity index (χ3n) is 3.83. The highest BCUT2D eigenvalue weighted by molar-refractivity contribution is 5.35. The molecule has 3 heteroatoms. The van der Waals surface area contributed by atoms with E-state index in [4.69, 9.17) is 15.2 Å². The van der Waals surface area contributed by atoms with Gasteiger partial charge in [0.1, 0.15) is 5.75 Å². The third kappa shape index (κ3) is 2.45. The van der Waals surface area contributed by atoms with E-state index in [0.29, 0.717) is 0 Å². The van der Waals surface area contributed by atoms with Gasteiger partial charge >= 0.3 is 0 Å². The first-order valence-electron chi connectivity index (χ1n) is 6.14. The van der Waals surface area contributed by atoms with Gasteiger partial charge in [0.25, 0.3) is 0 Å². The van der Waals surface area contributed by atoms with Crippen molar-refractivity contribution < 1.29 is 9.47 Å². The molecule has 2 rings (SSSR count). The van der Waals surface area contributed by atoms with Crippen molar-refractivity contribution in [2.24, 2.45) is 5.73 Å². The van der Waals surface area contributed by atoms with Gasteiger partial charge in [0.2, 0.25) is 0 Å². The van der Waals surface area contributed by atoms with Gasteiger partial charge in [-0.2, -0.15) is 0 Å². The second-order valence-corrected chi connectivity index (χ2v) is 4.79. The van der Waals surface area contributed by atoms with E-state index in [1.54, 1.807) is 14.2 Å². The van der Waals surface area contributed by atoms with Crippen LogP contribution in [-0.4, -0.2) is 19.8 Å². The predicted octanol–water partition coefficient (Wildman–Crippen LogP) is 2.65. The van der Waals surface area contributed by atoms with E-state index in [-0.39, 0.29) is 11.6 Å². The molecule has 1 fully saturated rings. The van der Waals surface area contributed by atoms with Gasteiger partial charge in [0.15, 0.2) is 0 Å². The van der Waals surface area contributed by atoms with E-state index >= 15 is 0 Å². The van der Waals surface area contributed by atoms with Gasteiger partial charge in [-0.25, -0.2) is 0 Å². The quantitative estimate of drug-likeness (QED) is 0.853. The Labute approximate surface area is 103 Å².